The molecule has 3 rings (SSSR count). The van der Waals surface area contributed by atoms with E-state index in [1.165, 1.54) is 0 Å². The zero-order valence-corrected chi connectivity index (χ0v) is 17.9. The number of hydrogen-bond donors (Lipinski definition) is 0. The number of likely N-dealkylation sites (tertiary alicyclic amines) is 2. The van der Waals surface area contributed by atoms with Crippen LogP contribution in [0.1, 0.15) is 52.0 Å². The summed E-state index contributed by atoms with van der Waals surface area (Å²) in [5.74, 6) is 1.24. The lowest BCUT2D eigenvalue weighted by molar-refractivity contribution is 0.0130. The number of ether oxygens (including phenoxy) is 2. The molecule has 2 aliphatic rings. The normalized spacial score (nSPS) is 19.1. The summed E-state index contributed by atoms with van der Waals surface area (Å²) in [5.41, 5.74) is 0.558. The van der Waals surface area contributed by atoms with Gasteiger partial charge < -0.3 is 19.3 Å². The average Bonchev–Trinajstić information content (AvgIpc) is 2.72. The van der Waals surface area contributed by atoms with E-state index in [0.717, 1.165) is 57.4 Å². The zero-order chi connectivity index (χ0) is 20.9. The molecule has 2 fully saturated rings. The van der Waals surface area contributed by atoms with Crippen molar-refractivity contribution in [1.29, 1.82) is 0 Å². The van der Waals surface area contributed by atoms with Crippen LogP contribution in [0.5, 0.6) is 0 Å². The molecule has 2 saturated heterocycles. The van der Waals surface area contributed by atoms with Crippen molar-refractivity contribution in [3.63, 3.8) is 0 Å². The predicted octanol–water partition coefficient (Wildman–Crippen LogP) is 4.68. The maximum absolute atomic E-state index is 12.3. The highest BCUT2D eigenvalue weighted by Crippen LogP contribution is 2.33. The van der Waals surface area contributed by atoms with Crippen LogP contribution in [0.2, 0.25) is 0 Å². The molecule has 0 aromatic heterocycles. The van der Waals surface area contributed by atoms with E-state index in [9.17, 15) is 9.59 Å². The number of benzene rings is 1. The maximum atomic E-state index is 12.3. The van der Waals surface area contributed by atoms with E-state index in [1.807, 2.05) is 60.9 Å². The molecular formula is C23H34N2O4. The van der Waals surface area contributed by atoms with Crippen LogP contribution >= 0.6 is 0 Å². The van der Waals surface area contributed by atoms with Gasteiger partial charge in [-0.05, 0) is 63.9 Å². The number of rotatable bonds is 3. The summed E-state index contributed by atoms with van der Waals surface area (Å²) in [7, 11) is 0. The highest BCUT2D eigenvalue weighted by Gasteiger charge is 2.33. The van der Waals surface area contributed by atoms with Crippen LogP contribution < -0.4 is 0 Å². The first kappa shape index (κ1) is 21.5. The van der Waals surface area contributed by atoms with Crippen LogP contribution in [-0.4, -0.2) is 53.8 Å². The van der Waals surface area contributed by atoms with Crippen LogP contribution in [0.25, 0.3) is 0 Å². The second kappa shape index (κ2) is 9.51. The quantitative estimate of drug-likeness (QED) is 0.736. The van der Waals surface area contributed by atoms with E-state index < -0.39 is 5.60 Å². The van der Waals surface area contributed by atoms with Gasteiger partial charge in [0.05, 0.1) is 0 Å². The van der Waals surface area contributed by atoms with Gasteiger partial charge in [0.15, 0.2) is 0 Å². The summed E-state index contributed by atoms with van der Waals surface area (Å²) in [6, 6.07) is 9.77. The summed E-state index contributed by atoms with van der Waals surface area (Å²) in [6.07, 6.45) is 3.64. The standard InChI is InChI=1S/C23H34N2O4/c1-23(2,3)29-22(27)25-15-11-20(12-16-25)19-9-13-24(14-10-19)21(26)28-17-18-7-5-4-6-8-18/h4-8,19-20H,9-17H2,1-3H3. The molecular weight excluding hydrogens is 368 g/mol. The fourth-order valence-corrected chi connectivity index (χ4v) is 4.24. The number of amides is 2. The molecule has 0 unspecified atom stereocenters. The van der Waals surface area contributed by atoms with Gasteiger partial charge >= 0.3 is 12.2 Å². The van der Waals surface area contributed by atoms with Crippen molar-refractivity contribution in [2.24, 2.45) is 11.8 Å². The minimum absolute atomic E-state index is 0.202. The minimum Gasteiger partial charge on any atom is -0.445 e. The SMILES string of the molecule is CC(C)(C)OC(=O)N1CCC(C2CCN(C(=O)OCc3ccccc3)CC2)CC1. The number of carbonyl (C=O) groups excluding carboxylic acids is 2. The first-order valence-corrected chi connectivity index (χ1v) is 10.8. The Bertz CT molecular complexity index is 670. The summed E-state index contributed by atoms with van der Waals surface area (Å²) in [4.78, 5) is 28.2. The lowest BCUT2D eigenvalue weighted by Gasteiger charge is -2.40. The smallest absolute Gasteiger partial charge is 0.410 e. The molecule has 1 aromatic rings. The largest absolute Gasteiger partial charge is 0.445 e. The molecule has 1 aromatic carbocycles. The van der Waals surface area contributed by atoms with Crippen molar-refractivity contribution < 1.29 is 19.1 Å². The van der Waals surface area contributed by atoms with E-state index >= 15 is 0 Å². The van der Waals surface area contributed by atoms with Gasteiger partial charge in [-0.15, -0.1) is 0 Å². The number of carbonyl (C=O) groups is 2. The molecule has 0 radical (unpaired) electrons. The van der Waals surface area contributed by atoms with E-state index in [2.05, 4.69) is 0 Å². The molecule has 29 heavy (non-hydrogen) atoms. The van der Waals surface area contributed by atoms with Crippen LogP contribution in [-0.2, 0) is 16.1 Å². The third-order valence-electron chi connectivity index (χ3n) is 5.86. The molecule has 0 bridgehead atoms. The minimum atomic E-state index is -0.449. The van der Waals surface area contributed by atoms with Gasteiger partial charge in [0, 0.05) is 26.2 Å². The summed E-state index contributed by atoms with van der Waals surface area (Å²) in [5, 5.41) is 0. The fraction of sp³-hybridized carbons (Fsp3) is 0.652. The Morgan fingerprint density at radius 3 is 1.83 bits per heavy atom. The molecule has 2 aliphatic heterocycles. The van der Waals surface area contributed by atoms with Crippen molar-refractivity contribution in [3.05, 3.63) is 35.9 Å². The van der Waals surface area contributed by atoms with Crippen LogP contribution in [0.15, 0.2) is 30.3 Å². The van der Waals surface area contributed by atoms with Gasteiger partial charge in [-0.3, -0.25) is 0 Å². The Hall–Kier alpha value is -2.24. The van der Waals surface area contributed by atoms with Crippen molar-refractivity contribution >= 4 is 12.2 Å². The Labute approximate surface area is 174 Å². The molecule has 2 amide bonds. The molecule has 0 N–H and O–H groups in total. The lowest BCUT2D eigenvalue weighted by Crippen LogP contribution is -2.45. The Morgan fingerprint density at radius 2 is 1.34 bits per heavy atom. The van der Waals surface area contributed by atoms with E-state index in [1.54, 1.807) is 0 Å². The Kier molecular flexibility index (Phi) is 7.04. The Balaban J connectivity index is 1.38. The summed E-state index contributed by atoms with van der Waals surface area (Å²) in [6.45, 7) is 9.05. The van der Waals surface area contributed by atoms with E-state index in [-0.39, 0.29) is 12.2 Å². The number of nitrogens with zero attached hydrogens (tertiary/aromatic N) is 2. The van der Waals surface area contributed by atoms with Gasteiger partial charge in [-0.1, -0.05) is 30.3 Å². The van der Waals surface area contributed by atoms with Gasteiger partial charge in [0.25, 0.3) is 0 Å². The molecule has 2 heterocycles. The van der Waals surface area contributed by atoms with Gasteiger partial charge in [-0.2, -0.15) is 0 Å². The van der Waals surface area contributed by atoms with Crippen molar-refractivity contribution in [3.8, 4) is 0 Å². The molecule has 160 valence electrons. The highest BCUT2D eigenvalue weighted by atomic mass is 16.6. The molecule has 0 atom stereocenters. The van der Waals surface area contributed by atoms with Crippen molar-refractivity contribution in [2.45, 2.75) is 58.7 Å². The Morgan fingerprint density at radius 1 is 0.862 bits per heavy atom. The first-order chi connectivity index (χ1) is 13.8. The average molecular weight is 403 g/mol. The zero-order valence-electron chi connectivity index (χ0n) is 17.9. The highest BCUT2D eigenvalue weighted by molar-refractivity contribution is 5.68. The molecule has 0 spiro atoms. The summed E-state index contributed by atoms with van der Waals surface area (Å²) < 4.78 is 10.9. The van der Waals surface area contributed by atoms with Crippen LogP contribution in [0.3, 0.4) is 0 Å². The second-order valence-electron chi connectivity index (χ2n) is 9.17. The van der Waals surface area contributed by atoms with Gasteiger partial charge in [0.2, 0.25) is 0 Å². The second-order valence-corrected chi connectivity index (χ2v) is 9.17. The molecule has 6 heteroatoms. The number of hydrogen-bond acceptors (Lipinski definition) is 4. The maximum Gasteiger partial charge on any atom is 0.410 e. The summed E-state index contributed by atoms with van der Waals surface area (Å²) >= 11 is 0. The van der Waals surface area contributed by atoms with E-state index in [0.29, 0.717) is 18.4 Å². The van der Waals surface area contributed by atoms with Crippen LogP contribution in [0, 0.1) is 11.8 Å². The van der Waals surface area contributed by atoms with E-state index in [4.69, 9.17) is 9.47 Å². The third-order valence-corrected chi connectivity index (χ3v) is 5.86. The van der Waals surface area contributed by atoms with Crippen molar-refractivity contribution in [1.82, 2.24) is 9.80 Å². The molecule has 6 nitrogen and oxygen atoms in total. The first-order valence-electron chi connectivity index (χ1n) is 10.8. The van der Waals surface area contributed by atoms with Crippen molar-refractivity contribution in [2.75, 3.05) is 26.2 Å². The third kappa shape index (κ3) is 6.38. The van der Waals surface area contributed by atoms with Gasteiger partial charge in [-0.25, -0.2) is 9.59 Å². The monoisotopic (exact) mass is 402 g/mol. The fourth-order valence-electron chi connectivity index (χ4n) is 4.24. The number of piperidine rings is 2. The predicted molar refractivity (Wildman–Crippen MR) is 111 cm³/mol. The van der Waals surface area contributed by atoms with Crippen LogP contribution in [0.4, 0.5) is 9.59 Å². The van der Waals surface area contributed by atoms with Gasteiger partial charge in [0.1, 0.15) is 12.2 Å². The topological polar surface area (TPSA) is 59.1 Å². The molecule has 0 saturated carbocycles. The molecule has 0 aliphatic carbocycles. The lowest BCUT2D eigenvalue weighted by atomic mass is 9.79.